The maximum Gasteiger partial charge on any atom is 0.335 e. The fourth-order valence-electron chi connectivity index (χ4n) is 1.50. The van der Waals surface area contributed by atoms with Crippen LogP contribution in [0.15, 0.2) is 35.7 Å². The van der Waals surface area contributed by atoms with Crippen molar-refractivity contribution in [2.24, 2.45) is 0 Å². The van der Waals surface area contributed by atoms with Gasteiger partial charge in [-0.15, -0.1) is 11.3 Å². The van der Waals surface area contributed by atoms with Gasteiger partial charge in [-0.2, -0.15) is 0 Å². The van der Waals surface area contributed by atoms with E-state index in [4.69, 9.17) is 5.11 Å². The van der Waals surface area contributed by atoms with E-state index in [9.17, 15) is 9.59 Å². The molecule has 0 amide bonds. The van der Waals surface area contributed by atoms with Crippen LogP contribution in [-0.4, -0.2) is 16.9 Å². The highest BCUT2D eigenvalue weighted by molar-refractivity contribution is 7.12. The fourth-order valence-corrected chi connectivity index (χ4v) is 2.32. The van der Waals surface area contributed by atoms with Crippen molar-refractivity contribution in [1.82, 2.24) is 0 Å². The van der Waals surface area contributed by atoms with Gasteiger partial charge in [0.05, 0.1) is 10.4 Å². The Balaban J connectivity index is 2.42. The number of carboxylic acid groups (broad SMARTS) is 1. The zero-order chi connectivity index (χ0) is 12.4. The molecule has 2 rings (SSSR count). The van der Waals surface area contributed by atoms with Gasteiger partial charge in [0.2, 0.25) is 0 Å². The molecular formula is C13H10O3S. The summed E-state index contributed by atoms with van der Waals surface area (Å²) in [6.45, 7) is 1.52. The van der Waals surface area contributed by atoms with Crippen molar-refractivity contribution < 1.29 is 14.7 Å². The molecule has 0 saturated carbocycles. The number of carbonyl (C=O) groups excluding carboxylic acids is 1. The van der Waals surface area contributed by atoms with Crippen LogP contribution in [0.2, 0.25) is 0 Å². The molecule has 4 heteroatoms. The summed E-state index contributed by atoms with van der Waals surface area (Å²) in [6.07, 6.45) is 0. The Morgan fingerprint density at radius 1 is 1.18 bits per heavy atom. The third-order valence-electron chi connectivity index (χ3n) is 2.39. The second kappa shape index (κ2) is 4.51. The van der Waals surface area contributed by atoms with Crippen molar-refractivity contribution in [2.75, 3.05) is 0 Å². The van der Waals surface area contributed by atoms with E-state index in [1.165, 1.54) is 18.3 Å². The SMILES string of the molecule is CC(=O)c1cc(-c2cccc(C(=O)O)c2)cs1. The Morgan fingerprint density at radius 3 is 2.53 bits per heavy atom. The zero-order valence-corrected chi connectivity index (χ0v) is 9.95. The van der Waals surface area contributed by atoms with Gasteiger partial charge in [-0.3, -0.25) is 4.79 Å². The van der Waals surface area contributed by atoms with Crippen molar-refractivity contribution in [1.29, 1.82) is 0 Å². The highest BCUT2D eigenvalue weighted by atomic mass is 32.1. The molecule has 0 aliphatic rings. The summed E-state index contributed by atoms with van der Waals surface area (Å²) in [5.74, 6) is -0.926. The van der Waals surface area contributed by atoms with Gasteiger partial charge in [-0.25, -0.2) is 4.79 Å². The van der Waals surface area contributed by atoms with E-state index < -0.39 is 5.97 Å². The molecule has 1 aromatic carbocycles. The van der Waals surface area contributed by atoms with Crippen LogP contribution in [0.1, 0.15) is 27.0 Å². The molecule has 0 spiro atoms. The molecule has 0 aliphatic carbocycles. The second-order valence-electron chi connectivity index (χ2n) is 3.64. The lowest BCUT2D eigenvalue weighted by molar-refractivity contribution is 0.0696. The topological polar surface area (TPSA) is 54.4 Å². The van der Waals surface area contributed by atoms with E-state index in [0.717, 1.165) is 11.1 Å². The molecular weight excluding hydrogens is 236 g/mol. The Bertz CT molecular complexity index is 584. The van der Waals surface area contributed by atoms with Gasteiger partial charge < -0.3 is 5.11 Å². The summed E-state index contributed by atoms with van der Waals surface area (Å²) in [4.78, 5) is 22.7. The first-order chi connectivity index (χ1) is 8.08. The lowest BCUT2D eigenvalue weighted by Gasteiger charge is -1.99. The average Bonchev–Trinajstić information content (AvgIpc) is 2.78. The summed E-state index contributed by atoms with van der Waals surface area (Å²) < 4.78 is 0. The lowest BCUT2D eigenvalue weighted by atomic mass is 10.1. The number of ketones is 1. The zero-order valence-electron chi connectivity index (χ0n) is 9.14. The van der Waals surface area contributed by atoms with E-state index >= 15 is 0 Å². The van der Waals surface area contributed by atoms with Crippen molar-refractivity contribution in [3.63, 3.8) is 0 Å². The second-order valence-corrected chi connectivity index (χ2v) is 4.55. The van der Waals surface area contributed by atoms with Crippen molar-refractivity contribution in [3.05, 3.63) is 46.2 Å². The number of hydrogen-bond donors (Lipinski definition) is 1. The summed E-state index contributed by atoms with van der Waals surface area (Å²) >= 11 is 1.37. The van der Waals surface area contributed by atoms with Gasteiger partial charge in [0.1, 0.15) is 0 Å². The number of carbonyl (C=O) groups is 2. The summed E-state index contributed by atoms with van der Waals surface area (Å²) in [5, 5.41) is 10.8. The quantitative estimate of drug-likeness (QED) is 0.845. The first-order valence-electron chi connectivity index (χ1n) is 5.01. The van der Waals surface area contributed by atoms with Gasteiger partial charge in [0.25, 0.3) is 0 Å². The van der Waals surface area contributed by atoms with Gasteiger partial charge in [-0.1, -0.05) is 12.1 Å². The predicted molar refractivity (Wildman–Crippen MR) is 66.7 cm³/mol. The molecule has 0 unspecified atom stereocenters. The van der Waals surface area contributed by atoms with Crippen molar-refractivity contribution >= 4 is 23.1 Å². The summed E-state index contributed by atoms with van der Waals surface area (Å²) in [5.41, 5.74) is 1.94. The largest absolute Gasteiger partial charge is 0.478 e. The summed E-state index contributed by atoms with van der Waals surface area (Å²) in [6, 6.07) is 8.47. The Hall–Kier alpha value is -1.94. The number of benzene rings is 1. The number of hydrogen-bond acceptors (Lipinski definition) is 3. The molecule has 0 aliphatic heterocycles. The standard InChI is InChI=1S/C13H10O3S/c1-8(14)12-6-11(7-17-12)9-3-2-4-10(5-9)13(15)16/h2-7H,1H3,(H,15,16). The highest BCUT2D eigenvalue weighted by Crippen LogP contribution is 2.26. The number of thiophene rings is 1. The predicted octanol–water partition coefficient (Wildman–Crippen LogP) is 3.32. The molecule has 1 N–H and O–H groups in total. The molecule has 86 valence electrons. The lowest BCUT2D eigenvalue weighted by Crippen LogP contribution is -1.95. The van der Waals surface area contributed by atoms with Gasteiger partial charge in [0.15, 0.2) is 5.78 Å². The fraction of sp³-hybridized carbons (Fsp3) is 0.0769. The Labute approximate surface area is 102 Å². The number of carboxylic acids is 1. The molecule has 1 heterocycles. The Morgan fingerprint density at radius 2 is 1.94 bits per heavy atom. The molecule has 0 radical (unpaired) electrons. The van der Waals surface area contributed by atoms with E-state index in [1.54, 1.807) is 24.3 Å². The molecule has 1 aromatic heterocycles. The average molecular weight is 246 g/mol. The maximum absolute atomic E-state index is 11.2. The van der Waals surface area contributed by atoms with E-state index in [-0.39, 0.29) is 11.3 Å². The van der Waals surface area contributed by atoms with Crippen LogP contribution >= 0.6 is 11.3 Å². The molecule has 2 aromatic rings. The van der Waals surface area contributed by atoms with Crippen LogP contribution in [-0.2, 0) is 0 Å². The number of aromatic carboxylic acids is 1. The van der Waals surface area contributed by atoms with E-state index in [2.05, 4.69) is 0 Å². The van der Waals surface area contributed by atoms with Crippen LogP contribution in [0.4, 0.5) is 0 Å². The third-order valence-corrected chi connectivity index (χ3v) is 3.42. The normalized spacial score (nSPS) is 10.2. The molecule has 0 saturated heterocycles. The monoisotopic (exact) mass is 246 g/mol. The first kappa shape index (κ1) is 11.5. The van der Waals surface area contributed by atoms with Gasteiger partial charge in [-0.05, 0) is 41.6 Å². The van der Waals surface area contributed by atoms with Crippen LogP contribution in [0, 0.1) is 0 Å². The molecule has 0 fully saturated rings. The highest BCUT2D eigenvalue weighted by Gasteiger charge is 2.08. The van der Waals surface area contributed by atoms with Gasteiger partial charge in [0, 0.05) is 0 Å². The third kappa shape index (κ3) is 2.42. The van der Waals surface area contributed by atoms with Crippen molar-refractivity contribution in [3.8, 4) is 11.1 Å². The van der Waals surface area contributed by atoms with E-state index in [0.29, 0.717) is 4.88 Å². The Kier molecular flexibility index (Phi) is 3.06. The van der Waals surface area contributed by atoms with Crippen LogP contribution < -0.4 is 0 Å². The number of rotatable bonds is 3. The maximum atomic E-state index is 11.2. The minimum absolute atomic E-state index is 0.0237. The minimum Gasteiger partial charge on any atom is -0.478 e. The van der Waals surface area contributed by atoms with Crippen LogP contribution in [0.5, 0.6) is 0 Å². The first-order valence-corrected chi connectivity index (χ1v) is 5.89. The van der Waals surface area contributed by atoms with E-state index in [1.807, 2.05) is 11.4 Å². The minimum atomic E-state index is -0.950. The summed E-state index contributed by atoms with van der Waals surface area (Å²) in [7, 11) is 0. The molecule has 3 nitrogen and oxygen atoms in total. The van der Waals surface area contributed by atoms with Gasteiger partial charge >= 0.3 is 5.97 Å². The van der Waals surface area contributed by atoms with Crippen LogP contribution in [0.25, 0.3) is 11.1 Å². The molecule has 0 bridgehead atoms. The van der Waals surface area contributed by atoms with Crippen molar-refractivity contribution in [2.45, 2.75) is 6.92 Å². The molecule has 17 heavy (non-hydrogen) atoms. The molecule has 0 atom stereocenters. The smallest absolute Gasteiger partial charge is 0.335 e. The van der Waals surface area contributed by atoms with Crippen LogP contribution in [0.3, 0.4) is 0 Å². The number of Topliss-reactive ketones (excluding diaryl/α,β-unsaturated/α-hetero) is 1.